The first kappa shape index (κ1) is 17.8. The number of likely N-dealkylation sites (tertiary alicyclic amines) is 1. The molecule has 0 saturated carbocycles. The van der Waals surface area contributed by atoms with E-state index in [9.17, 15) is 9.90 Å². The van der Waals surface area contributed by atoms with Gasteiger partial charge in [-0.3, -0.25) is 4.99 Å². The Morgan fingerprint density at radius 1 is 1.42 bits per heavy atom. The molecule has 3 aliphatic heterocycles. The lowest BCUT2D eigenvalue weighted by Gasteiger charge is -2.34. The highest BCUT2D eigenvalue weighted by Gasteiger charge is 2.44. The molecule has 4 atom stereocenters. The van der Waals surface area contributed by atoms with Gasteiger partial charge in [0, 0.05) is 32.6 Å². The normalized spacial score (nSPS) is 32.5. The van der Waals surface area contributed by atoms with Crippen molar-refractivity contribution in [2.75, 3.05) is 32.8 Å². The van der Waals surface area contributed by atoms with Gasteiger partial charge < -0.3 is 24.4 Å². The van der Waals surface area contributed by atoms with Crippen LogP contribution in [0.15, 0.2) is 4.99 Å². The van der Waals surface area contributed by atoms with Gasteiger partial charge in [0.15, 0.2) is 5.17 Å². The largest absolute Gasteiger partial charge is 0.447 e. The van der Waals surface area contributed by atoms with Gasteiger partial charge in [0.25, 0.3) is 0 Å². The molecule has 1 amide bonds. The molecule has 7 nitrogen and oxygen atoms in total. The van der Waals surface area contributed by atoms with Gasteiger partial charge in [-0.05, 0) is 26.7 Å². The summed E-state index contributed by atoms with van der Waals surface area (Å²) in [6, 6.07) is -0.208. The molecule has 0 radical (unpaired) electrons. The number of amides is 1. The summed E-state index contributed by atoms with van der Waals surface area (Å²) in [4.78, 5) is 20.5. The van der Waals surface area contributed by atoms with Crippen molar-refractivity contribution in [3.8, 4) is 0 Å². The van der Waals surface area contributed by atoms with Gasteiger partial charge in [0.05, 0.1) is 12.2 Å². The molecule has 2 fully saturated rings. The maximum atomic E-state index is 11.9. The molecule has 0 aromatic rings. The van der Waals surface area contributed by atoms with Crippen molar-refractivity contribution in [1.82, 2.24) is 9.80 Å². The number of hydrogen-bond donors (Lipinski definition) is 1. The summed E-state index contributed by atoms with van der Waals surface area (Å²) in [6.07, 6.45) is 1.69. The van der Waals surface area contributed by atoms with E-state index in [1.807, 2.05) is 13.8 Å². The van der Waals surface area contributed by atoms with Crippen molar-refractivity contribution in [3.05, 3.63) is 0 Å². The molecule has 0 bridgehead atoms. The number of amidine groups is 1. The van der Waals surface area contributed by atoms with Crippen molar-refractivity contribution in [2.45, 2.75) is 56.8 Å². The second kappa shape index (κ2) is 7.93. The number of ether oxygens (including phenoxy) is 2. The fourth-order valence-electron chi connectivity index (χ4n) is 3.33. The van der Waals surface area contributed by atoms with Crippen LogP contribution in [0.5, 0.6) is 0 Å². The van der Waals surface area contributed by atoms with E-state index in [2.05, 4.69) is 9.89 Å². The fourth-order valence-corrected chi connectivity index (χ4v) is 4.65. The molecule has 136 valence electrons. The molecule has 8 heteroatoms. The van der Waals surface area contributed by atoms with E-state index in [1.165, 1.54) is 12.8 Å². The van der Waals surface area contributed by atoms with E-state index < -0.39 is 6.10 Å². The Kier molecular flexibility index (Phi) is 5.89. The van der Waals surface area contributed by atoms with Gasteiger partial charge in [-0.15, -0.1) is 0 Å². The quantitative estimate of drug-likeness (QED) is 0.822. The number of thioether (sulfide) groups is 1. The molecule has 1 N–H and O–H groups in total. The van der Waals surface area contributed by atoms with Gasteiger partial charge in [-0.2, -0.15) is 0 Å². The Bertz CT molecular complexity index is 480. The SMILES string of the molecule is CCN(CC)C(=O)OCC1CC(O)C2N=C(N3CCCC3)SC2O1. The van der Waals surface area contributed by atoms with Crippen LogP contribution in [-0.2, 0) is 9.47 Å². The fraction of sp³-hybridized carbons (Fsp3) is 0.875. The third-order valence-corrected chi connectivity index (χ3v) is 5.97. The lowest BCUT2D eigenvalue weighted by atomic mass is 10.0. The van der Waals surface area contributed by atoms with Crippen LogP contribution in [0.3, 0.4) is 0 Å². The molecule has 0 aromatic heterocycles. The predicted octanol–water partition coefficient (Wildman–Crippen LogP) is 1.51. The Morgan fingerprint density at radius 3 is 2.79 bits per heavy atom. The molecule has 0 aromatic carbocycles. The van der Waals surface area contributed by atoms with Crippen LogP contribution in [0.25, 0.3) is 0 Å². The average molecular weight is 357 g/mol. The van der Waals surface area contributed by atoms with Crippen LogP contribution in [-0.4, -0.2) is 82.6 Å². The monoisotopic (exact) mass is 357 g/mol. The molecule has 2 saturated heterocycles. The summed E-state index contributed by atoms with van der Waals surface area (Å²) in [5, 5.41) is 11.4. The minimum absolute atomic E-state index is 0.176. The van der Waals surface area contributed by atoms with Gasteiger partial charge in [0.2, 0.25) is 0 Å². The number of aliphatic imine (C=N–C) groups is 1. The first-order valence-electron chi connectivity index (χ1n) is 8.87. The number of nitrogens with zero attached hydrogens (tertiary/aromatic N) is 3. The summed E-state index contributed by atoms with van der Waals surface area (Å²) < 4.78 is 11.4. The summed E-state index contributed by atoms with van der Waals surface area (Å²) in [5.41, 5.74) is -0.179. The first-order chi connectivity index (χ1) is 11.6. The van der Waals surface area contributed by atoms with Gasteiger partial charge in [0.1, 0.15) is 18.1 Å². The second-order valence-electron chi connectivity index (χ2n) is 6.39. The van der Waals surface area contributed by atoms with Crippen LogP contribution in [0.2, 0.25) is 0 Å². The van der Waals surface area contributed by atoms with E-state index >= 15 is 0 Å². The lowest BCUT2D eigenvalue weighted by molar-refractivity contribution is -0.0908. The molecule has 4 unspecified atom stereocenters. The van der Waals surface area contributed by atoms with Crippen molar-refractivity contribution >= 4 is 23.0 Å². The van der Waals surface area contributed by atoms with E-state index in [-0.39, 0.29) is 30.3 Å². The second-order valence-corrected chi connectivity index (χ2v) is 7.46. The van der Waals surface area contributed by atoms with Crippen molar-refractivity contribution in [1.29, 1.82) is 0 Å². The van der Waals surface area contributed by atoms with E-state index in [4.69, 9.17) is 9.47 Å². The molecule has 24 heavy (non-hydrogen) atoms. The Labute approximate surface area is 147 Å². The lowest BCUT2D eigenvalue weighted by Crippen LogP contribution is -2.46. The molecule has 3 rings (SSSR count). The van der Waals surface area contributed by atoms with Crippen LogP contribution in [0, 0.1) is 0 Å². The number of aliphatic hydroxyl groups excluding tert-OH is 1. The summed E-state index contributed by atoms with van der Waals surface area (Å²) in [6.45, 7) is 7.33. The van der Waals surface area contributed by atoms with Gasteiger partial charge in [-0.25, -0.2) is 4.79 Å². The highest BCUT2D eigenvalue weighted by Crippen LogP contribution is 2.38. The minimum Gasteiger partial charge on any atom is -0.447 e. The van der Waals surface area contributed by atoms with Crippen molar-refractivity contribution in [3.63, 3.8) is 0 Å². The molecule has 0 aliphatic carbocycles. The summed E-state index contributed by atoms with van der Waals surface area (Å²) >= 11 is 1.59. The van der Waals surface area contributed by atoms with Crippen LogP contribution in [0.1, 0.15) is 33.1 Å². The van der Waals surface area contributed by atoms with Gasteiger partial charge >= 0.3 is 6.09 Å². The predicted molar refractivity (Wildman–Crippen MR) is 93.2 cm³/mol. The highest BCUT2D eigenvalue weighted by molar-refractivity contribution is 8.14. The number of rotatable bonds is 4. The van der Waals surface area contributed by atoms with Crippen LogP contribution < -0.4 is 0 Å². The van der Waals surface area contributed by atoms with E-state index in [0.717, 1.165) is 18.3 Å². The molecular weight excluding hydrogens is 330 g/mol. The summed E-state index contributed by atoms with van der Waals surface area (Å²) in [5.74, 6) is 0. The zero-order chi connectivity index (χ0) is 17.1. The van der Waals surface area contributed by atoms with Crippen LogP contribution in [0.4, 0.5) is 4.79 Å². The highest BCUT2D eigenvalue weighted by atomic mass is 32.2. The maximum absolute atomic E-state index is 11.9. The number of carbonyl (C=O) groups excluding carboxylic acids is 1. The van der Waals surface area contributed by atoms with Crippen molar-refractivity contribution in [2.24, 2.45) is 4.99 Å². The third kappa shape index (κ3) is 3.81. The standard InChI is InChI=1S/C16H27N3O4S/c1-3-18(4-2)16(21)22-10-11-9-12(20)13-14(23-11)24-15(17-13)19-7-5-6-8-19/h11-14,20H,3-10H2,1-2H3. The Morgan fingerprint density at radius 2 is 2.12 bits per heavy atom. The summed E-state index contributed by atoms with van der Waals surface area (Å²) in [7, 11) is 0. The molecule has 0 spiro atoms. The Hall–Kier alpha value is -0.990. The van der Waals surface area contributed by atoms with E-state index in [0.29, 0.717) is 19.5 Å². The number of fused-ring (bicyclic) bond motifs is 1. The maximum Gasteiger partial charge on any atom is 0.409 e. The smallest absolute Gasteiger partial charge is 0.409 e. The number of aliphatic hydroxyl groups is 1. The number of hydrogen-bond acceptors (Lipinski definition) is 7. The number of carbonyl (C=O) groups is 1. The third-order valence-electron chi connectivity index (χ3n) is 4.78. The zero-order valence-electron chi connectivity index (χ0n) is 14.4. The topological polar surface area (TPSA) is 74.6 Å². The van der Waals surface area contributed by atoms with E-state index in [1.54, 1.807) is 16.7 Å². The molecule has 3 aliphatic rings. The molecule has 3 heterocycles. The molecular formula is C16H27N3O4S. The van der Waals surface area contributed by atoms with Crippen molar-refractivity contribution < 1.29 is 19.4 Å². The Balaban J connectivity index is 1.51. The average Bonchev–Trinajstić information content (AvgIpc) is 3.23. The van der Waals surface area contributed by atoms with Gasteiger partial charge in [-0.1, -0.05) is 11.8 Å². The zero-order valence-corrected chi connectivity index (χ0v) is 15.2. The minimum atomic E-state index is -0.548. The van der Waals surface area contributed by atoms with Crippen LogP contribution >= 0.6 is 11.8 Å². The first-order valence-corrected chi connectivity index (χ1v) is 9.75.